The number of carboxylic acid groups (broad SMARTS) is 1. The minimum absolute atomic E-state index is 0.146. The molecule has 13 heavy (non-hydrogen) atoms. The summed E-state index contributed by atoms with van der Waals surface area (Å²) in [6.07, 6.45) is 2.99. The van der Waals surface area contributed by atoms with Crippen LogP contribution in [0.2, 0.25) is 0 Å². The standard InChI is InChI=1S/C9H16O4/c10-5-7-3-1-2-4-8(7)6-13-9(11)12/h7-8,10H,1-6H2,(H,11,12)/t7-,8-/m0/s1. The van der Waals surface area contributed by atoms with Gasteiger partial charge in [-0.3, -0.25) is 0 Å². The highest BCUT2D eigenvalue weighted by Crippen LogP contribution is 2.29. The number of carbonyl (C=O) groups is 1. The minimum atomic E-state index is -1.22. The maximum absolute atomic E-state index is 10.2. The molecule has 0 aliphatic heterocycles. The van der Waals surface area contributed by atoms with Gasteiger partial charge in [-0.25, -0.2) is 4.79 Å². The zero-order valence-electron chi connectivity index (χ0n) is 7.61. The summed E-state index contributed by atoms with van der Waals surface area (Å²) in [6, 6.07) is 0. The molecule has 1 saturated carbocycles. The van der Waals surface area contributed by atoms with Crippen molar-refractivity contribution in [1.82, 2.24) is 0 Å². The van der Waals surface area contributed by atoms with Gasteiger partial charge in [-0.15, -0.1) is 0 Å². The number of hydrogen-bond donors (Lipinski definition) is 2. The van der Waals surface area contributed by atoms with Gasteiger partial charge in [-0.1, -0.05) is 12.8 Å². The Morgan fingerprint density at radius 2 is 1.92 bits per heavy atom. The molecule has 2 atom stereocenters. The minimum Gasteiger partial charge on any atom is -0.450 e. The normalized spacial score (nSPS) is 28.4. The van der Waals surface area contributed by atoms with Crippen LogP contribution < -0.4 is 0 Å². The summed E-state index contributed by atoms with van der Waals surface area (Å²) in [6.45, 7) is 0.383. The van der Waals surface area contributed by atoms with Gasteiger partial charge in [-0.2, -0.15) is 0 Å². The average Bonchev–Trinajstić information content (AvgIpc) is 2.15. The van der Waals surface area contributed by atoms with Crippen LogP contribution in [0.3, 0.4) is 0 Å². The molecule has 0 bridgehead atoms. The quantitative estimate of drug-likeness (QED) is 0.658. The van der Waals surface area contributed by atoms with Crippen LogP contribution in [0.15, 0.2) is 0 Å². The lowest BCUT2D eigenvalue weighted by molar-refractivity contribution is 0.0412. The second-order valence-corrected chi connectivity index (χ2v) is 3.56. The molecule has 76 valence electrons. The van der Waals surface area contributed by atoms with E-state index in [4.69, 9.17) is 10.2 Å². The van der Waals surface area contributed by atoms with Gasteiger partial charge >= 0.3 is 6.16 Å². The van der Waals surface area contributed by atoms with E-state index >= 15 is 0 Å². The van der Waals surface area contributed by atoms with Gasteiger partial charge in [0.15, 0.2) is 0 Å². The molecular weight excluding hydrogens is 172 g/mol. The molecule has 1 rings (SSSR count). The van der Waals surface area contributed by atoms with Crippen LogP contribution in [0.1, 0.15) is 25.7 Å². The molecule has 0 aromatic heterocycles. The molecule has 0 aromatic rings. The van der Waals surface area contributed by atoms with E-state index in [-0.39, 0.29) is 25.0 Å². The fraction of sp³-hybridized carbons (Fsp3) is 0.889. The highest BCUT2D eigenvalue weighted by molar-refractivity contribution is 5.56. The molecule has 4 nitrogen and oxygen atoms in total. The van der Waals surface area contributed by atoms with Gasteiger partial charge in [0.2, 0.25) is 0 Å². The fourth-order valence-corrected chi connectivity index (χ4v) is 1.92. The third kappa shape index (κ3) is 3.22. The summed E-state index contributed by atoms with van der Waals surface area (Å²) in [5, 5.41) is 17.3. The van der Waals surface area contributed by atoms with E-state index in [0.29, 0.717) is 0 Å². The molecule has 1 aliphatic carbocycles. The zero-order chi connectivity index (χ0) is 9.68. The first-order chi connectivity index (χ1) is 6.24. The third-order valence-electron chi connectivity index (χ3n) is 2.72. The largest absolute Gasteiger partial charge is 0.505 e. The highest BCUT2D eigenvalue weighted by atomic mass is 16.7. The monoisotopic (exact) mass is 188 g/mol. The number of rotatable bonds is 3. The van der Waals surface area contributed by atoms with E-state index in [1.165, 1.54) is 0 Å². The van der Waals surface area contributed by atoms with Crippen LogP contribution >= 0.6 is 0 Å². The summed E-state index contributed by atoms with van der Waals surface area (Å²) < 4.78 is 4.52. The van der Waals surface area contributed by atoms with Crippen LogP contribution in [-0.4, -0.2) is 29.6 Å². The fourth-order valence-electron chi connectivity index (χ4n) is 1.92. The topological polar surface area (TPSA) is 66.8 Å². The highest BCUT2D eigenvalue weighted by Gasteiger charge is 2.25. The molecule has 2 N–H and O–H groups in total. The Kier molecular flexibility index (Phi) is 4.02. The van der Waals surface area contributed by atoms with Gasteiger partial charge in [0.1, 0.15) is 0 Å². The first-order valence-corrected chi connectivity index (χ1v) is 4.70. The second kappa shape index (κ2) is 5.07. The maximum Gasteiger partial charge on any atom is 0.505 e. The smallest absolute Gasteiger partial charge is 0.450 e. The van der Waals surface area contributed by atoms with Crippen molar-refractivity contribution in [3.8, 4) is 0 Å². The van der Waals surface area contributed by atoms with Crippen molar-refractivity contribution < 1.29 is 19.7 Å². The predicted molar refractivity (Wildman–Crippen MR) is 46.5 cm³/mol. The Balaban J connectivity index is 2.31. The van der Waals surface area contributed by atoms with Crippen LogP contribution in [0.4, 0.5) is 4.79 Å². The first-order valence-electron chi connectivity index (χ1n) is 4.70. The molecule has 0 unspecified atom stereocenters. The number of aliphatic hydroxyl groups is 1. The molecule has 0 saturated heterocycles. The summed E-state index contributed by atoms with van der Waals surface area (Å²) in [7, 11) is 0. The van der Waals surface area contributed by atoms with E-state index < -0.39 is 6.16 Å². The van der Waals surface area contributed by atoms with Crippen LogP contribution in [0.25, 0.3) is 0 Å². The van der Waals surface area contributed by atoms with Gasteiger partial charge in [0.25, 0.3) is 0 Å². The van der Waals surface area contributed by atoms with Crippen molar-refractivity contribution in [2.24, 2.45) is 11.8 Å². The first kappa shape index (κ1) is 10.3. The average molecular weight is 188 g/mol. The molecule has 1 fully saturated rings. The molecular formula is C9H16O4. The summed E-state index contributed by atoms with van der Waals surface area (Å²) in [5.74, 6) is 0.447. The molecule has 0 radical (unpaired) electrons. The van der Waals surface area contributed by atoms with Gasteiger partial charge < -0.3 is 14.9 Å². The Hall–Kier alpha value is -0.770. The second-order valence-electron chi connectivity index (χ2n) is 3.56. The summed E-state index contributed by atoms with van der Waals surface area (Å²) >= 11 is 0. The van der Waals surface area contributed by atoms with Gasteiger partial charge in [-0.05, 0) is 24.7 Å². The molecule has 4 heteroatoms. The lowest BCUT2D eigenvalue weighted by Crippen LogP contribution is -2.27. The van der Waals surface area contributed by atoms with Gasteiger partial charge in [0.05, 0.1) is 6.61 Å². The predicted octanol–water partition coefficient (Wildman–Crippen LogP) is 1.48. The van der Waals surface area contributed by atoms with E-state index in [9.17, 15) is 4.79 Å². The molecule has 0 spiro atoms. The van der Waals surface area contributed by atoms with Crippen molar-refractivity contribution in [3.05, 3.63) is 0 Å². The Labute approximate surface area is 77.5 Å². The van der Waals surface area contributed by atoms with Crippen molar-refractivity contribution in [3.63, 3.8) is 0 Å². The van der Waals surface area contributed by atoms with Crippen LogP contribution in [0.5, 0.6) is 0 Å². The van der Waals surface area contributed by atoms with Gasteiger partial charge in [0, 0.05) is 6.61 Å². The Morgan fingerprint density at radius 3 is 2.46 bits per heavy atom. The SMILES string of the molecule is O=C(O)OC[C@@H]1CCCC[C@H]1CO. The lowest BCUT2D eigenvalue weighted by Gasteiger charge is -2.29. The number of ether oxygens (including phenoxy) is 1. The van der Waals surface area contributed by atoms with E-state index in [1.54, 1.807) is 0 Å². The zero-order valence-corrected chi connectivity index (χ0v) is 7.61. The summed E-state index contributed by atoms with van der Waals surface area (Å²) in [5.41, 5.74) is 0. The summed E-state index contributed by atoms with van der Waals surface area (Å²) in [4.78, 5) is 10.2. The Morgan fingerprint density at radius 1 is 1.31 bits per heavy atom. The molecule has 0 aromatic carbocycles. The van der Waals surface area contributed by atoms with Crippen molar-refractivity contribution >= 4 is 6.16 Å². The van der Waals surface area contributed by atoms with E-state index in [0.717, 1.165) is 25.7 Å². The molecule has 0 heterocycles. The van der Waals surface area contributed by atoms with Crippen molar-refractivity contribution in [2.45, 2.75) is 25.7 Å². The number of hydrogen-bond acceptors (Lipinski definition) is 3. The lowest BCUT2D eigenvalue weighted by atomic mass is 9.80. The third-order valence-corrected chi connectivity index (χ3v) is 2.72. The Bertz CT molecular complexity index is 169. The van der Waals surface area contributed by atoms with E-state index in [2.05, 4.69) is 4.74 Å². The van der Waals surface area contributed by atoms with E-state index in [1.807, 2.05) is 0 Å². The van der Waals surface area contributed by atoms with Crippen molar-refractivity contribution in [2.75, 3.05) is 13.2 Å². The van der Waals surface area contributed by atoms with Crippen LogP contribution in [-0.2, 0) is 4.74 Å². The molecule has 1 aliphatic rings. The molecule has 0 amide bonds. The van der Waals surface area contributed by atoms with Crippen LogP contribution in [0, 0.1) is 11.8 Å². The number of aliphatic hydroxyl groups excluding tert-OH is 1. The maximum atomic E-state index is 10.2. The van der Waals surface area contributed by atoms with Crippen molar-refractivity contribution in [1.29, 1.82) is 0 Å².